The van der Waals surface area contributed by atoms with Gasteiger partial charge in [0.05, 0.1) is 11.0 Å². The molecule has 0 aliphatic heterocycles. The standard InChI is InChI=1S/C16H19N3O3S/c1-11-13(5-4-6-14(11)19(21)22)16(20)17-9-15(18(2)3)12-7-8-23-10-12/h4-8,10,15H,9H2,1-3H3,(H,17,20)/t15-/m1/s1. The molecule has 0 saturated heterocycles. The molecule has 6 nitrogen and oxygen atoms in total. The molecule has 0 unspecified atom stereocenters. The van der Waals surface area contributed by atoms with Crippen LogP contribution in [0.25, 0.3) is 0 Å². The van der Waals surface area contributed by atoms with E-state index in [-0.39, 0.29) is 17.6 Å². The summed E-state index contributed by atoms with van der Waals surface area (Å²) in [5.74, 6) is -0.298. The summed E-state index contributed by atoms with van der Waals surface area (Å²) in [5, 5.41) is 17.9. The Labute approximate surface area is 138 Å². The number of likely N-dealkylation sites (N-methyl/N-ethyl adjacent to an activating group) is 1. The number of benzene rings is 1. The normalized spacial score (nSPS) is 12.2. The third-order valence-corrected chi connectivity index (χ3v) is 4.46. The van der Waals surface area contributed by atoms with Crippen LogP contribution in [0.3, 0.4) is 0 Å². The van der Waals surface area contributed by atoms with E-state index in [2.05, 4.69) is 10.7 Å². The van der Waals surface area contributed by atoms with Crippen LogP contribution in [-0.4, -0.2) is 36.4 Å². The molecule has 0 fully saturated rings. The molecule has 0 aliphatic carbocycles. The molecule has 0 spiro atoms. The fourth-order valence-corrected chi connectivity index (χ4v) is 3.12. The largest absolute Gasteiger partial charge is 0.350 e. The Hall–Kier alpha value is -2.25. The van der Waals surface area contributed by atoms with Crippen LogP contribution in [0.5, 0.6) is 0 Å². The number of carbonyl (C=O) groups is 1. The molecule has 23 heavy (non-hydrogen) atoms. The Morgan fingerprint density at radius 3 is 2.70 bits per heavy atom. The van der Waals surface area contributed by atoms with E-state index in [0.717, 1.165) is 5.56 Å². The molecule has 7 heteroatoms. The summed E-state index contributed by atoms with van der Waals surface area (Å²) in [5.41, 5.74) is 1.81. The number of hydrogen-bond acceptors (Lipinski definition) is 5. The third-order valence-electron chi connectivity index (χ3n) is 3.75. The molecule has 122 valence electrons. The number of nitro groups is 1. The van der Waals surface area contributed by atoms with Crippen molar-refractivity contribution in [2.45, 2.75) is 13.0 Å². The molecule has 1 aromatic heterocycles. The molecule has 0 bridgehead atoms. The lowest BCUT2D eigenvalue weighted by atomic mass is 10.1. The average Bonchev–Trinajstić information content (AvgIpc) is 3.00. The summed E-state index contributed by atoms with van der Waals surface area (Å²) in [7, 11) is 3.90. The van der Waals surface area contributed by atoms with Crippen molar-refractivity contribution in [3.63, 3.8) is 0 Å². The summed E-state index contributed by atoms with van der Waals surface area (Å²) in [6.45, 7) is 2.03. The zero-order chi connectivity index (χ0) is 17.0. The van der Waals surface area contributed by atoms with Crippen molar-refractivity contribution in [3.8, 4) is 0 Å². The van der Waals surface area contributed by atoms with Crippen molar-refractivity contribution in [1.29, 1.82) is 0 Å². The van der Waals surface area contributed by atoms with Crippen molar-refractivity contribution in [2.24, 2.45) is 0 Å². The summed E-state index contributed by atoms with van der Waals surface area (Å²) in [6.07, 6.45) is 0. The van der Waals surface area contributed by atoms with Crippen molar-refractivity contribution in [2.75, 3.05) is 20.6 Å². The number of thiophene rings is 1. The maximum atomic E-state index is 12.4. The van der Waals surface area contributed by atoms with Gasteiger partial charge in [0, 0.05) is 23.7 Å². The first kappa shape index (κ1) is 17.1. The molecule has 0 radical (unpaired) electrons. The van der Waals surface area contributed by atoms with E-state index < -0.39 is 4.92 Å². The highest BCUT2D eigenvalue weighted by atomic mass is 32.1. The van der Waals surface area contributed by atoms with Gasteiger partial charge in [0.15, 0.2) is 0 Å². The minimum Gasteiger partial charge on any atom is -0.350 e. The summed E-state index contributed by atoms with van der Waals surface area (Å²) >= 11 is 1.61. The van der Waals surface area contributed by atoms with Crippen molar-refractivity contribution < 1.29 is 9.72 Å². The molecule has 1 heterocycles. The van der Waals surface area contributed by atoms with E-state index in [0.29, 0.717) is 17.7 Å². The van der Waals surface area contributed by atoms with Gasteiger partial charge in [0.2, 0.25) is 0 Å². The number of nitrogens with zero attached hydrogens (tertiary/aromatic N) is 2. The van der Waals surface area contributed by atoms with Gasteiger partial charge in [-0.15, -0.1) is 0 Å². The monoisotopic (exact) mass is 333 g/mol. The molecule has 1 N–H and O–H groups in total. The molecule has 0 saturated carbocycles. The fraction of sp³-hybridized carbons (Fsp3) is 0.312. The van der Waals surface area contributed by atoms with Crippen LogP contribution in [-0.2, 0) is 0 Å². The maximum Gasteiger partial charge on any atom is 0.273 e. The highest BCUT2D eigenvalue weighted by Crippen LogP contribution is 2.22. The zero-order valence-electron chi connectivity index (χ0n) is 13.3. The smallest absolute Gasteiger partial charge is 0.273 e. The van der Waals surface area contributed by atoms with Crippen LogP contribution in [0.15, 0.2) is 35.0 Å². The minimum atomic E-state index is -0.472. The Morgan fingerprint density at radius 2 is 2.13 bits per heavy atom. The Bertz CT molecular complexity index is 699. The second kappa shape index (κ2) is 7.34. The summed E-state index contributed by atoms with van der Waals surface area (Å²) in [6, 6.07) is 6.62. The Balaban J connectivity index is 2.13. The van der Waals surface area contributed by atoms with Crippen LogP contribution in [0.4, 0.5) is 5.69 Å². The predicted molar refractivity (Wildman–Crippen MR) is 90.9 cm³/mol. The van der Waals surface area contributed by atoms with Crippen LogP contribution in [0, 0.1) is 17.0 Å². The van der Waals surface area contributed by atoms with Gasteiger partial charge in [-0.2, -0.15) is 11.3 Å². The molecular weight excluding hydrogens is 314 g/mol. The van der Waals surface area contributed by atoms with Gasteiger partial charge in [-0.3, -0.25) is 14.9 Å². The maximum absolute atomic E-state index is 12.4. The number of rotatable bonds is 6. The Kier molecular flexibility index (Phi) is 5.46. The SMILES string of the molecule is Cc1c(C(=O)NC[C@H](c2ccsc2)N(C)C)cccc1[N+](=O)[O-]. The van der Waals surface area contributed by atoms with Crippen LogP contribution in [0.1, 0.15) is 27.5 Å². The predicted octanol–water partition coefficient (Wildman–Crippen LogP) is 3.00. The van der Waals surface area contributed by atoms with E-state index >= 15 is 0 Å². The van der Waals surface area contributed by atoms with E-state index in [1.807, 2.05) is 30.4 Å². The summed E-state index contributed by atoms with van der Waals surface area (Å²) in [4.78, 5) is 24.9. The molecule has 2 rings (SSSR count). The van der Waals surface area contributed by atoms with Crippen LogP contribution >= 0.6 is 11.3 Å². The van der Waals surface area contributed by atoms with Gasteiger partial charge < -0.3 is 10.2 Å². The number of carbonyl (C=O) groups excluding carboxylic acids is 1. The van der Waals surface area contributed by atoms with Crippen molar-refractivity contribution in [3.05, 3.63) is 61.8 Å². The first-order valence-electron chi connectivity index (χ1n) is 7.12. The van der Waals surface area contributed by atoms with E-state index in [1.165, 1.54) is 12.1 Å². The van der Waals surface area contributed by atoms with Crippen LogP contribution in [0.2, 0.25) is 0 Å². The average molecular weight is 333 g/mol. The lowest BCUT2D eigenvalue weighted by Gasteiger charge is -2.24. The van der Waals surface area contributed by atoms with Gasteiger partial charge in [-0.05, 0) is 49.5 Å². The van der Waals surface area contributed by atoms with Gasteiger partial charge in [0.25, 0.3) is 11.6 Å². The van der Waals surface area contributed by atoms with E-state index in [9.17, 15) is 14.9 Å². The lowest BCUT2D eigenvalue weighted by Crippen LogP contribution is -2.34. The van der Waals surface area contributed by atoms with Gasteiger partial charge >= 0.3 is 0 Å². The first-order valence-corrected chi connectivity index (χ1v) is 8.06. The van der Waals surface area contributed by atoms with Gasteiger partial charge in [0.1, 0.15) is 0 Å². The third kappa shape index (κ3) is 3.94. The second-order valence-electron chi connectivity index (χ2n) is 5.45. The van der Waals surface area contributed by atoms with E-state index in [4.69, 9.17) is 0 Å². The summed E-state index contributed by atoms with van der Waals surface area (Å²) < 4.78 is 0. The highest BCUT2D eigenvalue weighted by Gasteiger charge is 2.20. The van der Waals surface area contributed by atoms with Gasteiger partial charge in [-0.25, -0.2) is 0 Å². The minimum absolute atomic E-state index is 0.0420. The molecule has 1 aromatic carbocycles. The number of nitro benzene ring substituents is 1. The topological polar surface area (TPSA) is 75.5 Å². The van der Waals surface area contributed by atoms with E-state index in [1.54, 1.807) is 24.3 Å². The number of nitrogens with one attached hydrogen (secondary N) is 1. The molecular formula is C16H19N3O3S. The lowest BCUT2D eigenvalue weighted by molar-refractivity contribution is -0.385. The molecule has 1 atom stereocenters. The van der Waals surface area contributed by atoms with Gasteiger partial charge in [-0.1, -0.05) is 6.07 Å². The number of amides is 1. The zero-order valence-corrected chi connectivity index (χ0v) is 14.1. The highest BCUT2D eigenvalue weighted by molar-refractivity contribution is 7.07. The quantitative estimate of drug-likeness (QED) is 0.651. The number of hydrogen-bond donors (Lipinski definition) is 1. The fourth-order valence-electron chi connectivity index (χ4n) is 2.41. The first-order chi connectivity index (χ1) is 10.9. The van der Waals surface area contributed by atoms with Crippen molar-refractivity contribution in [1.82, 2.24) is 10.2 Å². The molecule has 0 aliphatic rings. The van der Waals surface area contributed by atoms with Crippen molar-refractivity contribution >= 4 is 22.9 Å². The molecule has 1 amide bonds. The second-order valence-corrected chi connectivity index (χ2v) is 6.23. The van der Waals surface area contributed by atoms with Crippen LogP contribution < -0.4 is 5.32 Å². The molecule has 2 aromatic rings. The Morgan fingerprint density at radius 1 is 1.39 bits per heavy atom.